The molecule has 1 aromatic carbocycles. The predicted octanol–water partition coefficient (Wildman–Crippen LogP) is 2.19. The average Bonchev–Trinajstić information content (AvgIpc) is 2.70. The number of amides is 2. The summed E-state index contributed by atoms with van der Waals surface area (Å²) in [7, 11) is 1.62. The van der Waals surface area contributed by atoms with Crippen molar-refractivity contribution < 1.29 is 14.3 Å². The molecule has 0 aliphatic carbocycles. The third kappa shape index (κ3) is 5.29. The molecule has 0 unspecified atom stereocenters. The number of pyridine rings is 1. The van der Waals surface area contributed by atoms with Crippen LogP contribution in [0.2, 0.25) is 0 Å². The smallest absolute Gasteiger partial charge is 0.224 e. The van der Waals surface area contributed by atoms with Gasteiger partial charge in [0.05, 0.1) is 13.0 Å². The average molecular weight is 367 g/mol. The molecule has 0 spiro atoms. The van der Waals surface area contributed by atoms with Crippen molar-refractivity contribution in [1.29, 1.82) is 0 Å². The summed E-state index contributed by atoms with van der Waals surface area (Å²) in [5.74, 6) is 0.711. The number of hydrogen-bond donors (Lipinski definition) is 1. The summed E-state index contributed by atoms with van der Waals surface area (Å²) < 4.78 is 5.24. The highest BCUT2D eigenvalue weighted by Gasteiger charge is 2.30. The Bertz CT molecular complexity index is 779. The van der Waals surface area contributed by atoms with Crippen molar-refractivity contribution in [2.45, 2.75) is 25.8 Å². The number of methoxy groups -OCH3 is 1. The summed E-state index contributed by atoms with van der Waals surface area (Å²) in [6.07, 6.45) is 5.30. The number of hydrogen-bond acceptors (Lipinski definition) is 4. The number of nitrogens with one attached hydrogen (secondary N) is 1. The second-order valence-corrected chi connectivity index (χ2v) is 6.76. The second kappa shape index (κ2) is 9.16. The topological polar surface area (TPSA) is 71.5 Å². The zero-order valence-electron chi connectivity index (χ0n) is 15.6. The molecule has 1 saturated heterocycles. The maximum atomic E-state index is 12.5. The summed E-state index contributed by atoms with van der Waals surface area (Å²) in [4.78, 5) is 30.6. The van der Waals surface area contributed by atoms with Crippen molar-refractivity contribution in [3.05, 3.63) is 59.9 Å². The number of carbonyl (C=O) groups excluding carboxylic acids is 2. The van der Waals surface area contributed by atoms with E-state index in [-0.39, 0.29) is 17.7 Å². The molecule has 2 aromatic rings. The van der Waals surface area contributed by atoms with Crippen LogP contribution >= 0.6 is 0 Å². The lowest BCUT2D eigenvalue weighted by atomic mass is 9.96. The maximum absolute atomic E-state index is 12.5. The molecule has 142 valence electrons. The summed E-state index contributed by atoms with van der Waals surface area (Å²) in [5.41, 5.74) is 2.09. The van der Waals surface area contributed by atoms with E-state index in [0.29, 0.717) is 32.5 Å². The van der Waals surface area contributed by atoms with Crippen molar-refractivity contribution >= 4 is 11.8 Å². The van der Waals surface area contributed by atoms with Crippen LogP contribution in [0.15, 0.2) is 48.8 Å². The van der Waals surface area contributed by atoms with Gasteiger partial charge in [-0.2, -0.15) is 0 Å². The van der Waals surface area contributed by atoms with E-state index >= 15 is 0 Å². The van der Waals surface area contributed by atoms with Crippen LogP contribution in [0.1, 0.15) is 24.0 Å². The lowest BCUT2D eigenvalue weighted by Gasteiger charge is -2.32. The molecule has 0 saturated carbocycles. The Hall–Kier alpha value is -2.89. The molecule has 1 N–H and O–H groups in total. The number of benzene rings is 1. The fourth-order valence-electron chi connectivity index (χ4n) is 3.29. The van der Waals surface area contributed by atoms with Crippen LogP contribution in [-0.2, 0) is 22.6 Å². The van der Waals surface area contributed by atoms with Gasteiger partial charge in [-0.3, -0.25) is 14.6 Å². The van der Waals surface area contributed by atoms with Crippen LogP contribution in [0.5, 0.6) is 5.75 Å². The zero-order valence-corrected chi connectivity index (χ0v) is 15.6. The summed E-state index contributed by atoms with van der Waals surface area (Å²) in [5, 5.41) is 2.99. The van der Waals surface area contributed by atoms with E-state index in [2.05, 4.69) is 10.3 Å². The monoisotopic (exact) mass is 367 g/mol. The third-order valence-corrected chi connectivity index (χ3v) is 4.81. The molecular formula is C21H25N3O3. The van der Waals surface area contributed by atoms with Gasteiger partial charge in [-0.1, -0.05) is 18.2 Å². The standard InChI is InChI=1S/C21H25N3O3/c1-27-19-6-2-4-17(12-19)14-24-15-18(7-8-20(24)25)21(26)23-11-9-16-5-3-10-22-13-16/h2-6,10,12-13,18H,7-9,11,14-15H2,1H3,(H,23,26)/t18-/m1/s1. The van der Waals surface area contributed by atoms with Crippen molar-refractivity contribution in [1.82, 2.24) is 15.2 Å². The minimum atomic E-state index is -0.165. The number of nitrogens with zero attached hydrogens (tertiary/aromatic N) is 2. The first-order valence-electron chi connectivity index (χ1n) is 9.23. The Morgan fingerprint density at radius 2 is 2.15 bits per heavy atom. The van der Waals surface area contributed by atoms with Crippen LogP contribution < -0.4 is 10.1 Å². The molecule has 1 aliphatic rings. The van der Waals surface area contributed by atoms with Crippen molar-refractivity contribution in [2.24, 2.45) is 5.92 Å². The van der Waals surface area contributed by atoms with E-state index in [1.165, 1.54) is 0 Å². The summed E-state index contributed by atoms with van der Waals surface area (Å²) in [6, 6.07) is 11.6. The largest absolute Gasteiger partial charge is 0.497 e. The molecule has 1 fully saturated rings. The van der Waals surface area contributed by atoms with Crippen molar-refractivity contribution in [3.8, 4) is 5.75 Å². The Kier molecular flexibility index (Phi) is 6.41. The zero-order chi connectivity index (χ0) is 19.1. The maximum Gasteiger partial charge on any atom is 0.224 e. The van der Waals surface area contributed by atoms with Gasteiger partial charge in [0.1, 0.15) is 5.75 Å². The summed E-state index contributed by atoms with van der Waals surface area (Å²) in [6.45, 7) is 1.52. The van der Waals surface area contributed by atoms with Crippen LogP contribution in [0, 0.1) is 5.92 Å². The molecule has 2 heterocycles. The normalized spacial score (nSPS) is 16.9. The van der Waals surface area contributed by atoms with Gasteiger partial charge < -0.3 is 15.0 Å². The highest BCUT2D eigenvalue weighted by atomic mass is 16.5. The predicted molar refractivity (Wildman–Crippen MR) is 102 cm³/mol. The third-order valence-electron chi connectivity index (χ3n) is 4.81. The van der Waals surface area contributed by atoms with Crippen LogP contribution in [0.25, 0.3) is 0 Å². The fourth-order valence-corrected chi connectivity index (χ4v) is 3.29. The minimum absolute atomic E-state index is 0.0158. The van der Waals surface area contributed by atoms with Gasteiger partial charge in [0.15, 0.2) is 0 Å². The molecule has 27 heavy (non-hydrogen) atoms. The SMILES string of the molecule is COc1cccc(CN2C[C@H](C(=O)NCCc3cccnc3)CCC2=O)c1. The van der Waals surface area contributed by atoms with Gasteiger partial charge in [0.25, 0.3) is 0 Å². The highest BCUT2D eigenvalue weighted by molar-refractivity contribution is 5.83. The van der Waals surface area contributed by atoms with Gasteiger partial charge in [-0.05, 0) is 42.2 Å². The van der Waals surface area contributed by atoms with Crippen LogP contribution in [-0.4, -0.2) is 41.9 Å². The lowest BCUT2D eigenvalue weighted by Crippen LogP contribution is -2.45. The number of likely N-dealkylation sites (tertiary alicyclic amines) is 1. The minimum Gasteiger partial charge on any atom is -0.497 e. The molecule has 1 atom stereocenters. The Labute approximate surface area is 159 Å². The Morgan fingerprint density at radius 1 is 1.30 bits per heavy atom. The molecule has 2 amide bonds. The number of rotatable bonds is 7. The number of aromatic nitrogens is 1. The van der Waals surface area contributed by atoms with E-state index in [0.717, 1.165) is 23.3 Å². The molecular weight excluding hydrogens is 342 g/mol. The van der Waals surface area contributed by atoms with Gasteiger partial charge in [0.2, 0.25) is 11.8 Å². The molecule has 6 heteroatoms. The number of carbonyl (C=O) groups is 2. The number of piperidine rings is 1. The molecule has 0 bridgehead atoms. The van der Waals surface area contributed by atoms with Gasteiger partial charge in [0, 0.05) is 38.4 Å². The first kappa shape index (κ1) is 18.9. The van der Waals surface area contributed by atoms with Gasteiger partial charge in [-0.25, -0.2) is 0 Å². The van der Waals surface area contributed by atoms with E-state index < -0.39 is 0 Å². The molecule has 3 rings (SSSR count). The van der Waals surface area contributed by atoms with E-state index in [1.807, 2.05) is 36.4 Å². The van der Waals surface area contributed by atoms with E-state index in [9.17, 15) is 9.59 Å². The van der Waals surface area contributed by atoms with Gasteiger partial charge >= 0.3 is 0 Å². The lowest BCUT2D eigenvalue weighted by molar-refractivity contribution is -0.138. The van der Waals surface area contributed by atoms with E-state index in [4.69, 9.17) is 4.74 Å². The van der Waals surface area contributed by atoms with Gasteiger partial charge in [-0.15, -0.1) is 0 Å². The van der Waals surface area contributed by atoms with Crippen LogP contribution in [0.3, 0.4) is 0 Å². The van der Waals surface area contributed by atoms with E-state index in [1.54, 1.807) is 24.4 Å². The van der Waals surface area contributed by atoms with Crippen molar-refractivity contribution in [3.63, 3.8) is 0 Å². The quantitative estimate of drug-likeness (QED) is 0.814. The van der Waals surface area contributed by atoms with Crippen LogP contribution in [0.4, 0.5) is 0 Å². The Morgan fingerprint density at radius 3 is 2.93 bits per heavy atom. The second-order valence-electron chi connectivity index (χ2n) is 6.76. The molecule has 0 radical (unpaired) electrons. The highest BCUT2D eigenvalue weighted by Crippen LogP contribution is 2.21. The number of ether oxygens (including phenoxy) is 1. The fraction of sp³-hybridized carbons (Fsp3) is 0.381. The molecule has 6 nitrogen and oxygen atoms in total. The first-order valence-corrected chi connectivity index (χ1v) is 9.23. The molecule has 1 aromatic heterocycles. The molecule has 1 aliphatic heterocycles. The Balaban J connectivity index is 1.52. The first-order chi connectivity index (χ1) is 13.2. The van der Waals surface area contributed by atoms with Crippen molar-refractivity contribution in [2.75, 3.05) is 20.2 Å². The summed E-state index contributed by atoms with van der Waals surface area (Å²) >= 11 is 0.